The smallest absolute Gasteiger partial charge is 0.261 e. The normalized spacial score (nSPS) is 18.6. The number of hydrogen-bond donors (Lipinski definition) is 0. The van der Waals surface area contributed by atoms with Crippen molar-refractivity contribution < 1.29 is 14.5 Å². The highest BCUT2D eigenvalue weighted by atomic mass is 16.9. The van der Waals surface area contributed by atoms with Gasteiger partial charge in [-0.3, -0.25) is 10.0 Å². The van der Waals surface area contributed by atoms with E-state index in [0.717, 1.165) is 11.1 Å². The lowest BCUT2D eigenvalue weighted by atomic mass is 9.82. The van der Waals surface area contributed by atoms with Crippen molar-refractivity contribution in [3.05, 3.63) is 119 Å². The molecule has 0 N–H and O–H groups in total. The molecule has 1 aliphatic heterocycles. The standard InChI is InChI=1S/C24H19NO3/c1-17(18-11-5-2-6-12-18)22-21(19-13-7-3-8-14-19)24(28-25(22)27)23(26)20-15-9-4-10-16-20/h2-16,21,24H,1H2/t21-,24-/m1/s1. The molecule has 1 heterocycles. The van der Waals surface area contributed by atoms with E-state index in [2.05, 4.69) is 6.58 Å². The average Bonchev–Trinajstić information content (AvgIpc) is 3.11. The molecule has 0 radical (unpaired) electrons. The van der Waals surface area contributed by atoms with Crippen LogP contribution in [-0.4, -0.2) is 22.5 Å². The minimum Gasteiger partial charge on any atom is -0.390 e. The van der Waals surface area contributed by atoms with Crippen LogP contribution < -0.4 is 0 Å². The van der Waals surface area contributed by atoms with Gasteiger partial charge in [0.05, 0.1) is 0 Å². The molecule has 4 nitrogen and oxygen atoms in total. The first-order valence-electron chi connectivity index (χ1n) is 9.06. The molecule has 0 spiro atoms. The maximum absolute atomic E-state index is 13.1. The van der Waals surface area contributed by atoms with E-state index < -0.39 is 12.0 Å². The molecule has 3 aromatic carbocycles. The zero-order valence-electron chi connectivity index (χ0n) is 15.2. The number of allylic oxidation sites excluding steroid dienone is 1. The van der Waals surface area contributed by atoms with Gasteiger partial charge in [-0.2, -0.15) is 0 Å². The molecule has 0 aromatic heterocycles. The maximum Gasteiger partial charge on any atom is 0.261 e. The van der Waals surface area contributed by atoms with E-state index in [9.17, 15) is 10.0 Å². The highest BCUT2D eigenvalue weighted by molar-refractivity contribution is 6.25. The molecule has 138 valence electrons. The predicted molar refractivity (Wildman–Crippen MR) is 109 cm³/mol. The molecule has 2 atom stereocenters. The molecular formula is C24H19NO3. The summed E-state index contributed by atoms with van der Waals surface area (Å²) >= 11 is 0. The summed E-state index contributed by atoms with van der Waals surface area (Å²) in [5, 5.41) is 12.8. The van der Waals surface area contributed by atoms with Gasteiger partial charge in [-0.25, -0.2) is 0 Å². The summed E-state index contributed by atoms with van der Waals surface area (Å²) in [6.45, 7) is 4.13. The topological polar surface area (TPSA) is 52.4 Å². The van der Waals surface area contributed by atoms with Crippen molar-refractivity contribution in [1.29, 1.82) is 0 Å². The van der Waals surface area contributed by atoms with Gasteiger partial charge in [0.25, 0.3) is 5.71 Å². The Balaban J connectivity index is 1.78. The monoisotopic (exact) mass is 369 g/mol. The zero-order chi connectivity index (χ0) is 19.5. The van der Waals surface area contributed by atoms with Crippen molar-refractivity contribution in [2.75, 3.05) is 0 Å². The Morgan fingerprint density at radius 2 is 1.32 bits per heavy atom. The van der Waals surface area contributed by atoms with Crippen LogP contribution >= 0.6 is 0 Å². The minimum atomic E-state index is -0.947. The highest BCUT2D eigenvalue weighted by Gasteiger charge is 2.46. The Labute approximate surface area is 163 Å². The van der Waals surface area contributed by atoms with E-state index in [-0.39, 0.29) is 5.78 Å². The van der Waals surface area contributed by atoms with E-state index in [1.54, 1.807) is 24.3 Å². The Hall–Kier alpha value is -3.66. The molecule has 0 bridgehead atoms. The lowest BCUT2D eigenvalue weighted by molar-refractivity contribution is -0.736. The van der Waals surface area contributed by atoms with Gasteiger partial charge in [0, 0.05) is 16.0 Å². The number of ketones is 1. The van der Waals surface area contributed by atoms with Gasteiger partial charge in [0.1, 0.15) is 12.0 Å². The molecule has 1 aliphatic rings. The van der Waals surface area contributed by atoms with Gasteiger partial charge >= 0.3 is 0 Å². The van der Waals surface area contributed by atoms with Crippen LogP contribution in [0.4, 0.5) is 0 Å². The quantitative estimate of drug-likeness (QED) is 0.487. The van der Waals surface area contributed by atoms with Crippen molar-refractivity contribution >= 4 is 17.1 Å². The number of carbonyl (C=O) groups is 1. The van der Waals surface area contributed by atoms with Crippen LogP contribution in [0, 0.1) is 5.21 Å². The van der Waals surface area contributed by atoms with Gasteiger partial charge in [0.2, 0.25) is 0 Å². The van der Waals surface area contributed by atoms with Crippen LogP contribution in [0.3, 0.4) is 0 Å². The number of nitrogens with zero attached hydrogens (tertiary/aromatic N) is 1. The summed E-state index contributed by atoms with van der Waals surface area (Å²) in [6.07, 6.45) is -0.947. The summed E-state index contributed by atoms with van der Waals surface area (Å²) in [7, 11) is 0. The first-order valence-corrected chi connectivity index (χ1v) is 9.06. The lowest BCUT2D eigenvalue weighted by Crippen LogP contribution is -2.30. The van der Waals surface area contributed by atoms with Gasteiger partial charge in [0.15, 0.2) is 5.78 Å². The lowest BCUT2D eigenvalue weighted by Gasteiger charge is -2.19. The Bertz CT molecular complexity index is 1030. The van der Waals surface area contributed by atoms with Crippen LogP contribution in [0.2, 0.25) is 0 Å². The Morgan fingerprint density at radius 3 is 1.89 bits per heavy atom. The van der Waals surface area contributed by atoms with E-state index in [1.165, 1.54) is 0 Å². The fourth-order valence-corrected chi connectivity index (χ4v) is 3.52. The second-order valence-electron chi connectivity index (χ2n) is 6.63. The molecule has 0 aliphatic carbocycles. The van der Waals surface area contributed by atoms with E-state index in [0.29, 0.717) is 21.8 Å². The van der Waals surface area contributed by atoms with Crippen LogP contribution in [-0.2, 0) is 4.84 Å². The van der Waals surface area contributed by atoms with Crippen molar-refractivity contribution in [3.63, 3.8) is 0 Å². The number of hydrogen-bond acceptors (Lipinski definition) is 3. The first kappa shape index (κ1) is 17.7. The number of carbonyl (C=O) groups excluding carboxylic acids is 1. The van der Waals surface area contributed by atoms with Crippen molar-refractivity contribution in [2.45, 2.75) is 12.0 Å². The summed E-state index contributed by atoms with van der Waals surface area (Å²) in [5.74, 6) is -0.773. The fraction of sp³-hybridized carbons (Fsp3) is 0.0833. The van der Waals surface area contributed by atoms with Crippen LogP contribution in [0.15, 0.2) is 97.6 Å². The largest absolute Gasteiger partial charge is 0.390 e. The third kappa shape index (κ3) is 3.21. The maximum atomic E-state index is 13.1. The summed E-state index contributed by atoms with van der Waals surface area (Å²) in [6, 6.07) is 27.8. The highest BCUT2D eigenvalue weighted by Crippen LogP contribution is 2.36. The summed E-state index contributed by atoms with van der Waals surface area (Å²) < 4.78 is 0. The third-order valence-corrected chi connectivity index (χ3v) is 4.91. The molecule has 0 saturated heterocycles. The van der Waals surface area contributed by atoms with Crippen LogP contribution in [0.25, 0.3) is 5.57 Å². The summed E-state index contributed by atoms with van der Waals surface area (Å²) in [4.78, 5) is 19.1. The SMILES string of the molecule is C=C(C1=[N+]([O-])O[C@@H](C(=O)c2ccccc2)[C@@H]1c1ccccc1)c1ccccc1. The predicted octanol–water partition coefficient (Wildman–Crippen LogP) is 4.63. The molecule has 0 amide bonds. The molecule has 0 saturated carbocycles. The van der Waals surface area contributed by atoms with Crippen molar-refractivity contribution in [1.82, 2.24) is 0 Å². The Kier molecular flexibility index (Phi) is 4.77. The van der Waals surface area contributed by atoms with Gasteiger partial charge in [-0.05, 0) is 11.1 Å². The Morgan fingerprint density at radius 1 is 0.821 bits per heavy atom. The fourth-order valence-electron chi connectivity index (χ4n) is 3.52. The summed E-state index contributed by atoms with van der Waals surface area (Å²) in [5.41, 5.74) is 3.06. The minimum absolute atomic E-state index is 0.230. The number of benzene rings is 3. The molecular weight excluding hydrogens is 350 g/mol. The molecule has 0 unspecified atom stereocenters. The van der Waals surface area contributed by atoms with Gasteiger partial charge < -0.3 is 4.84 Å². The second-order valence-corrected chi connectivity index (χ2v) is 6.63. The van der Waals surface area contributed by atoms with Crippen LogP contribution in [0.5, 0.6) is 0 Å². The second kappa shape index (κ2) is 7.53. The molecule has 4 heteroatoms. The molecule has 0 fully saturated rings. The average molecular weight is 369 g/mol. The molecule has 28 heavy (non-hydrogen) atoms. The van der Waals surface area contributed by atoms with Crippen molar-refractivity contribution in [3.8, 4) is 0 Å². The number of Topliss-reactive ketones (excluding diaryl/α,β-unsaturated/α-hetero) is 1. The number of rotatable bonds is 5. The van der Waals surface area contributed by atoms with E-state index in [1.807, 2.05) is 66.7 Å². The third-order valence-electron chi connectivity index (χ3n) is 4.91. The molecule has 3 aromatic rings. The van der Waals surface area contributed by atoms with Crippen molar-refractivity contribution in [2.24, 2.45) is 0 Å². The van der Waals surface area contributed by atoms with Crippen LogP contribution in [0.1, 0.15) is 27.4 Å². The van der Waals surface area contributed by atoms with Gasteiger partial charge in [-0.15, -0.1) is 0 Å². The first-order chi connectivity index (χ1) is 13.7. The molecule has 4 rings (SSSR count). The zero-order valence-corrected chi connectivity index (χ0v) is 15.2. The van der Waals surface area contributed by atoms with E-state index in [4.69, 9.17) is 4.84 Å². The van der Waals surface area contributed by atoms with Gasteiger partial charge in [-0.1, -0.05) is 97.6 Å². The van der Waals surface area contributed by atoms with E-state index >= 15 is 0 Å².